The standard InChI is InChI=1S/C9H16O2/c1-8(2)4-7(10)5-9(3,11)6-8/h5,10-11H,4,6H2,1-3H3. The van der Waals surface area contributed by atoms with E-state index < -0.39 is 5.60 Å². The van der Waals surface area contributed by atoms with Crippen molar-refractivity contribution in [1.29, 1.82) is 0 Å². The Labute approximate surface area is 67.6 Å². The monoisotopic (exact) mass is 156 g/mol. The van der Waals surface area contributed by atoms with Crippen LogP contribution in [0.25, 0.3) is 0 Å². The molecule has 11 heavy (non-hydrogen) atoms. The fourth-order valence-electron chi connectivity index (χ4n) is 1.98. The van der Waals surface area contributed by atoms with Gasteiger partial charge in [-0.3, -0.25) is 0 Å². The van der Waals surface area contributed by atoms with Crippen molar-refractivity contribution in [3.63, 3.8) is 0 Å². The Balaban J connectivity index is 2.86. The van der Waals surface area contributed by atoms with Crippen molar-refractivity contribution >= 4 is 0 Å². The lowest BCUT2D eigenvalue weighted by Crippen LogP contribution is -2.34. The van der Waals surface area contributed by atoms with E-state index in [0.717, 1.165) is 0 Å². The number of hydrogen-bond acceptors (Lipinski definition) is 2. The Bertz CT molecular complexity index is 190. The Morgan fingerprint density at radius 1 is 1.36 bits per heavy atom. The molecule has 1 atom stereocenters. The van der Waals surface area contributed by atoms with Gasteiger partial charge in [-0.1, -0.05) is 13.8 Å². The highest BCUT2D eigenvalue weighted by molar-refractivity contribution is 5.11. The highest BCUT2D eigenvalue weighted by Crippen LogP contribution is 2.38. The molecule has 1 aliphatic rings. The van der Waals surface area contributed by atoms with Crippen LogP contribution in [0.3, 0.4) is 0 Å². The first-order chi connectivity index (χ1) is 4.81. The van der Waals surface area contributed by atoms with Gasteiger partial charge in [0.05, 0.1) is 11.4 Å². The molecule has 0 aromatic carbocycles. The lowest BCUT2D eigenvalue weighted by molar-refractivity contribution is 0.0370. The predicted octanol–water partition coefficient (Wildman–Crippen LogP) is 2.00. The van der Waals surface area contributed by atoms with Gasteiger partial charge in [-0.2, -0.15) is 0 Å². The SMILES string of the molecule is CC1(O)C=C(O)CC(C)(C)C1. The highest BCUT2D eigenvalue weighted by Gasteiger charge is 2.34. The first-order valence-corrected chi connectivity index (χ1v) is 3.94. The average molecular weight is 156 g/mol. The zero-order chi connectivity index (χ0) is 8.70. The van der Waals surface area contributed by atoms with Gasteiger partial charge < -0.3 is 10.2 Å². The van der Waals surface area contributed by atoms with E-state index >= 15 is 0 Å². The first-order valence-electron chi connectivity index (χ1n) is 3.94. The molecule has 0 fully saturated rings. The molecular formula is C9H16O2. The first kappa shape index (κ1) is 8.60. The van der Waals surface area contributed by atoms with Crippen molar-refractivity contribution in [3.05, 3.63) is 11.8 Å². The van der Waals surface area contributed by atoms with Crippen LogP contribution in [0.1, 0.15) is 33.6 Å². The van der Waals surface area contributed by atoms with Gasteiger partial charge in [0.2, 0.25) is 0 Å². The summed E-state index contributed by atoms with van der Waals surface area (Å²) in [5, 5.41) is 18.9. The van der Waals surface area contributed by atoms with Crippen molar-refractivity contribution in [1.82, 2.24) is 0 Å². The summed E-state index contributed by atoms with van der Waals surface area (Å²) in [6, 6.07) is 0. The van der Waals surface area contributed by atoms with Crippen LogP contribution >= 0.6 is 0 Å². The Hall–Kier alpha value is -0.500. The van der Waals surface area contributed by atoms with Gasteiger partial charge in [0.1, 0.15) is 0 Å². The Morgan fingerprint density at radius 2 is 1.91 bits per heavy atom. The molecule has 0 spiro atoms. The molecule has 1 unspecified atom stereocenters. The lowest BCUT2D eigenvalue weighted by Gasteiger charge is -2.36. The summed E-state index contributed by atoms with van der Waals surface area (Å²) in [5.41, 5.74) is -0.811. The summed E-state index contributed by atoms with van der Waals surface area (Å²) in [7, 11) is 0. The zero-order valence-corrected chi connectivity index (χ0v) is 7.39. The molecule has 64 valence electrons. The number of allylic oxidation sites excluding steroid dienone is 1. The second kappa shape index (κ2) is 2.24. The third-order valence-electron chi connectivity index (χ3n) is 1.97. The van der Waals surface area contributed by atoms with E-state index in [0.29, 0.717) is 18.6 Å². The number of aliphatic hydroxyl groups excluding tert-OH is 1. The van der Waals surface area contributed by atoms with Crippen LogP contribution in [0.4, 0.5) is 0 Å². The van der Waals surface area contributed by atoms with Crippen molar-refractivity contribution in [3.8, 4) is 0 Å². The maximum atomic E-state index is 9.64. The molecule has 0 radical (unpaired) electrons. The normalized spacial score (nSPS) is 36.5. The molecule has 2 nitrogen and oxygen atoms in total. The van der Waals surface area contributed by atoms with Gasteiger partial charge in [0.25, 0.3) is 0 Å². The maximum Gasteiger partial charge on any atom is 0.0916 e. The van der Waals surface area contributed by atoms with Crippen LogP contribution in [-0.2, 0) is 0 Å². The van der Waals surface area contributed by atoms with Crippen molar-refractivity contribution in [2.45, 2.75) is 39.2 Å². The topological polar surface area (TPSA) is 40.5 Å². The molecule has 0 saturated heterocycles. The van der Waals surface area contributed by atoms with Gasteiger partial charge >= 0.3 is 0 Å². The van der Waals surface area contributed by atoms with Crippen LogP contribution < -0.4 is 0 Å². The van der Waals surface area contributed by atoms with Gasteiger partial charge in [-0.15, -0.1) is 0 Å². The molecule has 0 saturated carbocycles. The molecule has 0 aromatic heterocycles. The summed E-state index contributed by atoms with van der Waals surface area (Å²) < 4.78 is 0. The van der Waals surface area contributed by atoms with E-state index in [-0.39, 0.29) is 5.41 Å². The van der Waals surface area contributed by atoms with Crippen LogP contribution in [0, 0.1) is 5.41 Å². The summed E-state index contributed by atoms with van der Waals surface area (Å²) in [5.74, 6) is 0.311. The van der Waals surface area contributed by atoms with Crippen LogP contribution in [-0.4, -0.2) is 15.8 Å². The van der Waals surface area contributed by atoms with Gasteiger partial charge in [-0.05, 0) is 24.8 Å². The molecule has 0 aromatic rings. The zero-order valence-electron chi connectivity index (χ0n) is 7.39. The number of aliphatic hydroxyl groups is 2. The van der Waals surface area contributed by atoms with Gasteiger partial charge in [-0.25, -0.2) is 0 Å². The maximum absolute atomic E-state index is 9.64. The van der Waals surface area contributed by atoms with Crippen LogP contribution in [0.2, 0.25) is 0 Å². The minimum absolute atomic E-state index is 0.0162. The van der Waals surface area contributed by atoms with E-state index in [1.54, 1.807) is 6.92 Å². The van der Waals surface area contributed by atoms with E-state index in [4.69, 9.17) is 0 Å². The molecular weight excluding hydrogens is 140 g/mol. The minimum atomic E-state index is -0.828. The third-order valence-corrected chi connectivity index (χ3v) is 1.97. The van der Waals surface area contributed by atoms with E-state index in [1.165, 1.54) is 6.08 Å². The van der Waals surface area contributed by atoms with E-state index in [1.807, 2.05) is 13.8 Å². The molecule has 0 bridgehead atoms. The fourth-order valence-corrected chi connectivity index (χ4v) is 1.98. The van der Waals surface area contributed by atoms with Crippen molar-refractivity contribution in [2.75, 3.05) is 0 Å². The van der Waals surface area contributed by atoms with Crippen LogP contribution in [0.15, 0.2) is 11.8 Å². The number of hydrogen-bond donors (Lipinski definition) is 2. The molecule has 0 aliphatic heterocycles. The van der Waals surface area contributed by atoms with E-state index in [9.17, 15) is 10.2 Å². The van der Waals surface area contributed by atoms with Gasteiger partial charge in [0, 0.05) is 6.42 Å². The molecule has 2 N–H and O–H groups in total. The molecule has 2 heteroatoms. The summed E-state index contributed by atoms with van der Waals surface area (Å²) in [4.78, 5) is 0. The molecule has 1 rings (SSSR count). The van der Waals surface area contributed by atoms with Crippen molar-refractivity contribution < 1.29 is 10.2 Å². The number of rotatable bonds is 0. The summed E-state index contributed by atoms with van der Waals surface area (Å²) >= 11 is 0. The molecule has 1 aliphatic carbocycles. The van der Waals surface area contributed by atoms with Gasteiger partial charge in [0.15, 0.2) is 0 Å². The summed E-state index contributed by atoms with van der Waals surface area (Å²) in [6.45, 7) is 5.82. The Morgan fingerprint density at radius 3 is 2.27 bits per heavy atom. The lowest BCUT2D eigenvalue weighted by atomic mass is 9.74. The quantitative estimate of drug-likeness (QED) is 0.563. The van der Waals surface area contributed by atoms with E-state index in [2.05, 4.69) is 0 Å². The highest BCUT2D eigenvalue weighted by atomic mass is 16.3. The molecule has 0 heterocycles. The second-order valence-corrected chi connectivity index (χ2v) is 4.51. The molecule has 0 amide bonds. The van der Waals surface area contributed by atoms with Crippen LogP contribution in [0.5, 0.6) is 0 Å². The summed E-state index contributed by atoms with van der Waals surface area (Å²) in [6.07, 6.45) is 2.92. The second-order valence-electron chi connectivity index (χ2n) is 4.51. The largest absolute Gasteiger partial charge is 0.513 e. The smallest absolute Gasteiger partial charge is 0.0916 e. The minimum Gasteiger partial charge on any atom is -0.513 e. The third kappa shape index (κ3) is 2.22. The Kier molecular flexibility index (Phi) is 1.75. The van der Waals surface area contributed by atoms with Crippen molar-refractivity contribution in [2.24, 2.45) is 5.41 Å². The average Bonchev–Trinajstić information content (AvgIpc) is 1.49. The predicted molar refractivity (Wildman–Crippen MR) is 44.4 cm³/mol. The fraction of sp³-hybridized carbons (Fsp3) is 0.778.